The van der Waals surface area contributed by atoms with Gasteiger partial charge in [0, 0.05) is 43.6 Å². The molecule has 1 N–H and O–H groups in total. The summed E-state index contributed by atoms with van der Waals surface area (Å²) in [5, 5.41) is 3.94. The summed E-state index contributed by atoms with van der Waals surface area (Å²) < 4.78 is 6.13. The third kappa shape index (κ3) is 3.08. The Balaban J connectivity index is 0.00000169. The highest BCUT2D eigenvalue weighted by Gasteiger charge is 2.65. The van der Waals surface area contributed by atoms with E-state index in [-0.39, 0.29) is 24.0 Å². The summed E-state index contributed by atoms with van der Waals surface area (Å²) in [5.41, 5.74) is 0.415. The van der Waals surface area contributed by atoms with Crippen molar-refractivity contribution in [3.8, 4) is 0 Å². The predicted molar refractivity (Wildman–Crippen MR) is 109 cm³/mol. The topological polar surface area (TPSA) is 36.9 Å². The van der Waals surface area contributed by atoms with Gasteiger partial charge in [0.15, 0.2) is 5.96 Å². The first-order valence-corrected chi connectivity index (χ1v) is 9.92. The van der Waals surface area contributed by atoms with Crippen molar-refractivity contribution in [1.82, 2.24) is 10.2 Å². The zero-order chi connectivity index (χ0) is 15.9. The molecule has 0 amide bonds. The molecular weight excluding hydrogens is 413 g/mol. The first kappa shape index (κ1) is 18.7. The van der Waals surface area contributed by atoms with E-state index < -0.39 is 0 Å². The fraction of sp³-hybridized carbons (Fsp3) is 0.947. The Morgan fingerprint density at radius 1 is 1.21 bits per heavy atom. The lowest BCUT2D eigenvalue weighted by molar-refractivity contribution is -0.125. The molecule has 4 aliphatic rings. The Morgan fingerprint density at radius 3 is 2.58 bits per heavy atom. The Hall–Kier alpha value is -0.0400. The Kier molecular flexibility index (Phi) is 6.00. The monoisotopic (exact) mass is 447 g/mol. The molecule has 0 aromatic carbocycles. The number of hydrogen-bond acceptors (Lipinski definition) is 2. The minimum absolute atomic E-state index is 0. The van der Waals surface area contributed by atoms with Crippen LogP contribution in [0.2, 0.25) is 0 Å². The largest absolute Gasteiger partial charge is 0.377 e. The predicted octanol–water partition coefficient (Wildman–Crippen LogP) is 3.65. The van der Waals surface area contributed by atoms with Gasteiger partial charge in [-0.15, -0.1) is 24.0 Å². The SMILES string of the molecule is CCN=C(NC1C2CCOC2C12CCCC2)N1CCC(C)CC1.I. The van der Waals surface area contributed by atoms with Crippen LogP contribution in [0.25, 0.3) is 0 Å². The van der Waals surface area contributed by atoms with Gasteiger partial charge in [0.25, 0.3) is 0 Å². The highest BCUT2D eigenvalue weighted by Crippen LogP contribution is 2.60. The zero-order valence-electron chi connectivity index (χ0n) is 15.3. The molecular formula is C19H34IN3O. The number of nitrogens with zero attached hydrogens (tertiary/aromatic N) is 2. The molecule has 2 saturated carbocycles. The maximum atomic E-state index is 6.13. The minimum Gasteiger partial charge on any atom is -0.377 e. The van der Waals surface area contributed by atoms with Crippen LogP contribution >= 0.6 is 24.0 Å². The molecule has 24 heavy (non-hydrogen) atoms. The molecule has 4 fully saturated rings. The molecule has 0 bridgehead atoms. The van der Waals surface area contributed by atoms with Gasteiger partial charge in [0.05, 0.1) is 6.10 Å². The van der Waals surface area contributed by atoms with Gasteiger partial charge in [0.2, 0.25) is 0 Å². The third-order valence-corrected chi connectivity index (χ3v) is 6.96. The maximum Gasteiger partial charge on any atom is 0.194 e. The molecule has 3 unspecified atom stereocenters. The number of fused-ring (bicyclic) bond motifs is 2. The van der Waals surface area contributed by atoms with E-state index in [4.69, 9.17) is 9.73 Å². The molecule has 0 radical (unpaired) electrons. The number of rotatable bonds is 2. The van der Waals surface area contributed by atoms with Crippen molar-refractivity contribution in [3.05, 3.63) is 0 Å². The van der Waals surface area contributed by atoms with E-state index in [0.717, 1.165) is 38.1 Å². The molecule has 138 valence electrons. The lowest BCUT2D eigenvalue weighted by atomic mass is 9.54. The van der Waals surface area contributed by atoms with Crippen molar-refractivity contribution in [2.45, 2.75) is 70.9 Å². The average molecular weight is 447 g/mol. The summed E-state index contributed by atoms with van der Waals surface area (Å²) in [5.74, 6) is 2.77. The summed E-state index contributed by atoms with van der Waals surface area (Å²) in [6, 6.07) is 0.599. The van der Waals surface area contributed by atoms with E-state index in [2.05, 4.69) is 24.1 Å². The van der Waals surface area contributed by atoms with E-state index in [0.29, 0.717) is 17.6 Å². The molecule has 3 atom stereocenters. The lowest BCUT2D eigenvalue weighted by Crippen LogP contribution is -2.69. The lowest BCUT2D eigenvalue weighted by Gasteiger charge is -2.57. The summed E-state index contributed by atoms with van der Waals surface area (Å²) in [6.07, 6.45) is 9.83. The van der Waals surface area contributed by atoms with Crippen LogP contribution in [0.1, 0.15) is 58.8 Å². The van der Waals surface area contributed by atoms with E-state index in [9.17, 15) is 0 Å². The van der Waals surface area contributed by atoms with Gasteiger partial charge >= 0.3 is 0 Å². The van der Waals surface area contributed by atoms with Gasteiger partial charge in [-0.2, -0.15) is 0 Å². The average Bonchev–Trinajstić information content (AvgIpc) is 3.20. The highest BCUT2D eigenvalue weighted by atomic mass is 127. The molecule has 2 heterocycles. The number of guanidine groups is 1. The molecule has 0 aromatic rings. The molecule has 5 heteroatoms. The maximum absolute atomic E-state index is 6.13. The van der Waals surface area contributed by atoms with Crippen LogP contribution in [0.15, 0.2) is 4.99 Å². The number of nitrogens with one attached hydrogen (secondary N) is 1. The fourth-order valence-corrected chi connectivity index (χ4v) is 5.65. The quantitative estimate of drug-likeness (QED) is 0.399. The molecule has 2 aliphatic carbocycles. The van der Waals surface area contributed by atoms with Gasteiger partial charge in [-0.25, -0.2) is 0 Å². The first-order valence-electron chi connectivity index (χ1n) is 9.92. The number of piperidine rings is 1. The standard InChI is InChI=1S/C19H33N3O.HI/c1-3-20-18(22-11-6-14(2)7-12-22)21-16-15-8-13-23-17(15)19(16)9-4-5-10-19;/h14-17H,3-13H2,1-2H3,(H,20,21);1H. The second-order valence-electron chi connectivity index (χ2n) is 8.27. The molecule has 2 aliphatic heterocycles. The van der Waals surface area contributed by atoms with Crippen molar-refractivity contribution in [2.75, 3.05) is 26.2 Å². The number of hydrogen-bond donors (Lipinski definition) is 1. The first-order chi connectivity index (χ1) is 11.2. The van der Waals surface area contributed by atoms with Crippen molar-refractivity contribution in [3.63, 3.8) is 0 Å². The zero-order valence-corrected chi connectivity index (χ0v) is 17.6. The third-order valence-electron chi connectivity index (χ3n) is 6.96. The van der Waals surface area contributed by atoms with E-state index in [1.54, 1.807) is 0 Å². The number of likely N-dealkylation sites (tertiary alicyclic amines) is 1. The highest BCUT2D eigenvalue weighted by molar-refractivity contribution is 14.0. The normalized spacial score (nSPS) is 35.5. The van der Waals surface area contributed by atoms with E-state index in [1.807, 2.05) is 0 Å². The Labute approximate surface area is 164 Å². The second-order valence-corrected chi connectivity index (χ2v) is 8.27. The molecule has 4 nitrogen and oxygen atoms in total. The van der Waals surface area contributed by atoms with Crippen LogP contribution in [0.4, 0.5) is 0 Å². The summed E-state index contributed by atoms with van der Waals surface area (Å²) in [7, 11) is 0. The van der Waals surface area contributed by atoms with Gasteiger partial charge in [0.1, 0.15) is 0 Å². The van der Waals surface area contributed by atoms with Crippen molar-refractivity contribution < 1.29 is 4.74 Å². The number of aliphatic imine (C=N–C) groups is 1. The van der Waals surface area contributed by atoms with Crippen molar-refractivity contribution >= 4 is 29.9 Å². The van der Waals surface area contributed by atoms with Gasteiger partial charge in [-0.05, 0) is 44.9 Å². The van der Waals surface area contributed by atoms with E-state index >= 15 is 0 Å². The van der Waals surface area contributed by atoms with Crippen molar-refractivity contribution in [1.29, 1.82) is 0 Å². The molecule has 4 rings (SSSR count). The van der Waals surface area contributed by atoms with Gasteiger partial charge in [-0.3, -0.25) is 4.99 Å². The number of halogens is 1. The fourth-order valence-electron chi connectivity index (χ4n) is 5.65. The van der Waals surface area contributed by atoms with Crippen LogP contribution in [0.5, 0.6) is 0 Å². The molecule has 2 saturated heterocycles. The summed E-state index contributed by atoms with van der Waals surface area (Å²) >= 11 is 0. The van der Waals surface area contributed by atoms with Gasteiger partial charge < -0.3 is 15.0 Å². The van der Waals surface area contributed by atoms with Gasteiger partial charge in [-0.1, -0.05) is 19.8 Å². The van der Waals surface area contributed by atoms with Crippen LogP contribution in [0, 0.1) is 17.3 Å². The smallest absolute Gasteiger partial charge is 0.194 e. The molecule has 1 spiro atoms. The number of ether oxygens (including phenoxy) is 1. The van der Waals surface area contributed by atoms with E-state index in [1.165, 1.54) is 50.9 Å². The summed E-state index contributed by atoms with van der Waals surface area (Å²) in [4.78, 5) is 7.36. The van der Waals surface area contributed by atoms with Crippen LogP contribution in [-0.4, -0.2) is 49.2 Å². The van der Waals surface area contributed by atoms with Crippen LogP contribution in [0.3, 0.4) is 0 Å². The van der Waals surface area contributed by atoms with Crippen LogP contribution < -0.4 is 5.32 Å². The van der Waals surface area contributed by atoms with Crippen molar-refractivity contribution in [2.24, 2.45) is 22.2 Å². The Bertz CT molecular complexity index is 456. The van der Waals surface area contributed by atoms with Crippen LogP contribution in [-0.2, 0) is 4.74 Å². The minimum atomic E-state index is 0. The summed E-state index contributed by atoms with van der Waals surface area (Å²) in [6.45, 7) is 8.70. The second kappa shape index (κ2) is 7.68. The Morgan fingerprint density at radius 2 is 1.92 bits per heavy atom. The molecule has 0 aromatic heterocycles.